The molecule has 1 fully saturated rings. The van der Waals surface area contributed by atoms with E-state index in [2.05, 4.69) is 5.32 Å². The van der Waals surface area contributed by atoms with Crippen molar-refractivity contribution in [2.75, 3.05) is 12.4 Å². The largest absolute Gasteiger partial charge is 0.481 e. The van der Waals surface area contributed by atoms with Gasteiger partial charge in [0.25, 0.3) is 5.91 Å². The van der Waals surface area contributed by atoms with Crippen molar-refractivity contribution in [3.63, 3.8) is 0 Å². The molecular weight excluding hydrogens is 388 g/mol. The van der Waals surface area contributed by atoms with E-state index in [-0.39, 0.29) is 23.8 Å². The second kappa shape index (κ2) is 8.07. The average molecular weight is 413 g/mol. The van der Waals surface area contributed by atoms with Gasteiger partial charge < -0.3 is 15.3 Å². The minimum absolute atomic E-state index is 0.0406. The van der Waals surface area contributed by atoms with Gasteiger partial charge in [-0.3, -0.25) is 9.59 Å². The van der Waals surface area contributed by atoms with Crippen LogP contribution in [0, 0.1) is 11.8 Å². The first-order chi connectivity index (χ1) is 13.9. The molecule has 0 bridgehead atoms. The van der Waals surface area contributed by atoms with Crippen LogP contribution in [0.25, 0.3) is 0 Å². The fourth-order valence-electron chi connectivity index (χ4n) is 4.62. The maximum Gasteiger partial charge on any atom is 0.306 e. The number of carbonyl (C=O) groups is 2. The lowest BCUT2D eigenvalue weighted by atomic mass is 9.79. The Balaban J connectivity index is 1.39. The first-order valence-electron chi connectivity index (χ1n) is 10.1. The number of nitrogens with zero attached hydrogens (tertiary/aromatic N) is 1. The summed E-state index contributed by atoms with van der Waals surface area (Å²) < 4.78 is 0. The zero-order chi connectivity index (χ0) is 20.5. The van der Waals surface area contributed by atoms with Gasteiger partial charge in [0.15, 0.2) is 0 Å². The number of benzene rings is 1. The second-order valence-electron chi connectivity index (χ2n) is 8.14. The third-order valence-electron chi connectivity index (χ3n) is 6.31. The van der Waals surface area contributed by atoms with Gasteiger partial charge in [0.1, 0.15) is 0 Å². The van der Waals surface area contributed by atoms with Crippen LogP contribution < -0.4 is 5.32 Å². The minimum atomic E-state index is -0.680. The van der Waals surface area contributed by atoms with Crippen LogP contribution in [0.4, 0.5) is 5.69 Å². The lowest BCUT2D eigenvalue weighted by Crippen LogP contribution is -2.29. The maximum atomic E-state index is 12.9. The SMILES string of the molecule is CN1C=C(C(=O)Nc2ccc(C3CCC(C(=O)O)CC3)cc2)C2C=C(Cl)C=CC21. The quantitative estimate of drug-likeness (QED) is 0.764. The van der Waals surface area contributed by atoms with Crippen LogP contribution in [0.3, 0.4) is 0 Å². The number of halogens is 1. The van der Waals surface area contributed by atoms with Crippen molar-refractivity contribution in [3.05, 3.63) is 64.9 Å². The number of rotatable bonds is 4. The van der Waals surface area contributed by atoms with Crippen LogP contribution >= 0.6 is 11.6 Å². The van der Waals surface area contributed by atoms with Gasteiger partial charge in [-0.15, -0.1) is 0 Å². The lowest BCUT2D eigenvalue weighted by Gasteiger charge is -2.26. The predicted molar refractivity (Wildman–Crippen MR) is 114 cm³/mol. The van der Waals surface area contributed by atoms with Crippen molar-refractivity contribution < 1.29 is 14.7 Å². The van der Waals surface area contributed by atoms with Gasteiger partial charge in [0.05, 0.1) is 12.0 Å². The zero-order valence-electron chi connectivity index (χ0n) is 16.3. The summed E-state index contributed by atoms with van der Waals surface area (Å²) in [5, 5.41) is 12.8. The van der Waals surface area contributed by atoms with Crippen LogP contribution in [-0.4, -0.2) is 35.0 Å². The van der Waals surface area contributed by atoms with E-state index >= 15 is 0 Å². The molecule has 0 spiro atoms. The van der Waals surface area contributed by atoms with Crippen molar-refractivity contribution in [2.45, 2.75) is 37.6 Å². The summed E-state index contributed by atoms with van der Waals surface area (Å²) in [6, 6.07) is 8.06. The zero-order valence-corrected chi connectivity index (χ0v) is 17.1. The number of fused-ring (bicyclic) bond motifs is 1. The molecule has 0 aromatic heterocycles. The number of likely N-dealkylation sites (N-methyl/N-ethyl adjacent to an activating group) is 1. The number of nitrogens with one attached hydrogen (secondary N) is 1. The minimum Gasteiger partial charge on any atom is -0.481 e. The fourth-order valence-corrected chi connectivity index (χ4v) is 4.82. The highest BCUT2D eigenvalue weighted by Gasteiger charge is 2.35. The van der Waals surface area contributed by atoms with Crippen LogP contribution in [0.1, 0.15) is 37.2 Å². The summed E-state index contributed by atoms with van der Waals surface area (Å²) in [5.41, 5.74) is 2.67. The highest BCUT2D eigenvalue weighted by molar-refractivity contribution is 6.31. The number of hydrogen-bond donors (Lipinski definition) is 2. The number of carbonyl (C=O) groups excluding carboxylic acids is 1. The van der Waals surface area contributed by atoms with Crippen LogP contribution in [0.2, 0.25) is 0 Å². The molecule has 1 aromatic carbocycles. The molecule has 0 radical (unpaired) electrons. The van der Waals surface area contributed by atoms with Crippen molar-refractivity contribution in [1.29, 1.82) is 0 Å². The van der Waals surface area contributed by atoms with Crippen LogP contribution in [-0.2, 0) is 9.59 Å². The van der Waals surface area contributed by atoms with Gasteiger partial charge in [-0.05, 0) is 55.4 Å². The Kier molecular flexibility index (Phi) is 5.50. The van der Waals surface area contributed by atoms with Crippen molar-refractivity contribution in [3.8, 4) is 0 Å². The monoisotopic (exact) mass is 412 g/mol. The number of allylic oxidation sites excluding steroid dienone is 2. The van der Waals surface area contributed by atoms with Crippen molar-refractivity contribution in [2.24, 2.45) is 11.8 Å². The topological polar surface area (TPSA) is 69.6 Å². The van der Waals surface area contributed by atoms with E-state index in [0.29, 0.717) is 16.5 Å². The van der Waals surface area contributed by atoms with Gasteiger partial charge in [0.2, 0.25) is 0 Å². The van der Waals surface area contributed by atoms with E-state index in [0.717, 1.165) is 31.4 Å². The Morgan fingerprint density at radius 2 is 1.83 bits per heavy atom. The summed E-state index contributed by atoms with van der Waals surface area (Å²) in [6.45, 7) is 0. The molecule has 6 heteroatoms. The number of hydrogen-bond acceptors (Lipinski definition) is 3. The average Bonchev–Trinajstić information content (AvgIpc) is 3.04. The second-order valence-corrected chi connectivity index (χ2v) is 8.58. The summed E-state index contributed by atoms with van der Waals surface area (Å²) in [7, 11) is 1.96. The smallest absolute Gasteiger partial charge is 0.306 e. The molecule has 2 aliphatic carbocycles. The number of amides is 1. The molecule has 1 saturated carbocycles. The maximum absolute atomic E-state index is 12.9. The molecular formula is C23H25ClN2O3. The molecule has 2 atom stereocenters. The summed E-state index contributed by atoms with van der Waals surface area (Å²) >= 11 is 6.14. The van der Waals surface area contributed by atoms with E-state index in [9.17, 15) is 9.59 Å². The highest BCUT2D eigenvalue weighted by atomic mass is 35.5. The van der Waals surface area contributed by atoms with Gasteiger partial charge in [-0.1, -0.05) is 35.9 Å². The highest BCUT2D eigenvalue weighted by Crippen LogP contribution is 2.37. The normalized spacial score (nSPS) is 28.4. The van der Waals surface area contributed by atoms with Crippen molar-refractivity contribution in [1.82, 2.24) is 4.90 Å². The summed E-state index contributed by atoms with van der Waals surface area (Å²) in [4.78, 5) is 26.0. The molecule has 2 N–H and O–H groups in total. The molecule has 29 heavy (non-hydrogen) atoms. The van der Waals surface area contributed by atoms with Gasteiger partial charge >= 0.3 is 5.97 Å². The fraction of sp³-hybridized carbons (Fsp3) is 0.391. The van der Waals surface area contributed by atoms with Gasteiger partial charge in [-0.2, -0.15) is 0 Å². The Bertz CT molecular complexity index is 895. The van der Waals surface area contributed by atoms with E-state index in [1.165, 1.54) is 5.56 Å². The molecule has 1 amide bonds. The molecule has 1 aromatic rings. The summed E-state index contributed by atoms with van der Waals surface area (Å²) in [5.74, 6) is -0.649. The number of anilines is 1. The Morgan fingerprint density at radius 1 is 1.14 bits per heavy atom. The van der Waals surface area contributed by atoms with E-state index in [4.69, 9.17) is 16.7 Å². The molecule has 2 unspecified atom stereocenters. The lowest BCUT2D eigenvalue weighted by molar-refractivity contribution is -0.142. The number of aliphatic carboxylic acids is 1. The Hall–Kier alpha value is -2.53. The van der Waals surface area contributed by atoms with Crippen LogP contribution in [0.15, 0.2) is 59.3 Å². The Morgan fingerprint density at radius 3 is 2.48 bits per heavy atom. The summed E-state index contributed by atoms with van der Waals surface area (Å²) in [6.07, 6.45) is 11.0. The van der Waals surface area contributed by atoms with Crippen LogP contribution in [0.5, 0.6) is 0 Å². The van der Waals surface area contributed by atoms with Gasteiger partial charge in [0, 0.05) is 35.5 Å². The first kappa shape index (κ1) is 19.8. The van der Waals surface area contributed by atoms with Gasteiger partial charge in [-0.25, -0.2) is 0 Å². The number of carboxylic acid groups (broad SMARTS) is 1. The third-order valence-corrected chi connectivity index (χ3v) is 6.56. The molecule has 3 aliphatic rings. The standard InChI is InChI=1S/C23H25ClN2O3/c1-26-13-20(19-12-17(24)8-11-21(19)26)22(27)25-18-9-6-15(7-10-18)14-2-4-16(5-3-14)23(28)29/h6-14,16,19,21H,2-5H2,1H3,(H,25,27)(H,28,29). The van der Waals surface area contributed by atoms with E-state index in [1.54, 1.807) is 0 Å². The Labute approximate surface area is 175 Å². The molecule has 1 heterocycles. The molecule has 0 saturated heterocycles. The van der Waals surface area contributed by atoms with E-state index < -0.39 is 5.97 Å². The first-order valence-corrected chi connectivity index (χ1v) is 10.4. The molecule has 4 rings (SSSR count). The van der Waals surface area contributed by atoms with Crippen molar-refractivity contribution >= 4 is 29.2 Å². The number of carboxylic acids is 1. The predicted octanol–water partition coefficient (Wildman–Crippen LogP) is 4.49. The van der Waals surface area contributed by atoms with E-state index in [1.807, 2.05) is 60.6 Å². The molecule has 1 aliphatic heterocycles. The molecule has 152 valence electrons. The molecule has 5 nitrogen and oxygen atoms in total. The third kappa shape index (κ3) is 4.10.